The summed E-state index contributed by atoms with van der Waals surface area (Å²) < 4.78 is 30.1. The van der Waals surface area contributed by atoms with Crippen LogP contribution in [0.1, 0.15) is 12.5 Å². The van der Waals surface area contributed by atoms with E-state index in [-0.39, 0.29) is 10.6 Å². The van der Waals surface area contributed by atoms with Gasteiger partial charge in [-0.25, -0.2) is 0 Å². The van der Waals surface area contributed by atoms with Crippen LogP contribution in [0.4, 0.5) is 0 Å². The van der Waals surface area contributed by atoms with Gasteiger partial charge in [-0.15, -0.1) is 0 Å². The van der Waals surface area contributed by atoms with Crippen LogP contribution in [0.5, 0.6) is 5.75 Å². The molecule has 0 aliphatic carbocycles. The van der Waals surface area contributed by atoms with Crippen molar-refractivity contribution in [3.05, 3.63) is 23.8 Å². The van der Waals surface area contributed by atoms with Gasteiger partial charge in [-0.3, -0.25) is 4.55 Å². The molecule has 5 heteroatoms. The van der Waals surface area contributed by atoms with E-state index in [4.69, 9.17) is 9.66 Å². The number of rotatable bonds is 2. The summed E-state index contributed by atoms with van der Waals surface area (Å²) in [7, 11) is -4.22. The third kappa shape index (κ3) is 2.43. The number of phenols is 1. The van der Waals surface area contributed by atoms with Crippen LogP contribution in [0, 0.1) is 0 Å². The Kier molecular flexibility index (Phi) is 2.58. The molecular formula is C8H10O4S. The maximum Gasteiger partial charge on any atom is 0.294 e. The van der Waals surface area contributed by atoms with Crippen molar-refractivity contribution >= 4 is 10.1 Å². The highest BCUT2D eigenvalue weighted by Gasteiger charge is 2.11. The summed E-state index contributed by atoms with van der Waals surface area (Å²) in [6, 6.07) is 3.79. The maximum absolute atomic E-state index is 10.7. The predicted molar refractivity (Wildman–Crippen MR) is 47.3 cm³/mol. The Morgan fingerprint density at radius 1 is 1.31 bits per heavy atom. The van der Waals surface area contributed by atoms with Crippen molar-refractivity contribution in [1.82, 2.24) is 0 Å². The highest BCUT2D eigenvalue weighted by molar-refractivity contribution is 7.85. The quantitative estimate of drug-likeness (QED) is 0.707. The average molecular weight is 202 g/mol. The Balaban J connectivity index is 3.33. The van der Waals surface area contributed by atoms with E-state index in [1.807, 2.05) is 6.92 Å². The molecule has 0 unspecified atom stereocenters. The van der Waals surface area contributed by atoms with Crippen LogP contribution in [0.25, 0.3) is 0 Å². The Morgan fingerprint density at radius 3 is 2.38 bits per heavy atom. The largest absolute Gasteiger partial charge is 0.508 e. The molecular weight excluding hydrogens is 192 g/mol. The summed E-state index contributed by atoms with van der Waals surface area (Å²) in [5.41, 5.74) is 0.660. The van der Waals surface area contributed by atoms with Crippen molar-refractivity contribution < 1.29 is 18.1 Å². The number of aryl methyl sites for hydroxylation is 1. The molecule has 0 aliphatic heterocycles. The van der Waals surface area contributed by atoms with E-state index in [1.54, 1.807) is 0 Å². The minimum absolute atomic E-state index is 0.160. The number of hydrogen-bond donors (Lipinski definition) is 2. The zero-order valence-electron chi connectivity index (χ0n) is 7.06. The molecule has 0 saturated heterocycles. The summed E-state index contributed by atoms with van der Waals surface area (Å²) in [5.74, 6) is -0.160. The molecule has 0 bridgehead atoms. The molecule has 0 spiro atoms. The second-order valence-electron chi connectivity index (χ2n) is 2.66. The van der Waals surface area contributed by atoms with Gasteiger partial charge in [-0.2, -0.15) is 8.42 Å². The summed E-state index contributed by atoms with van der Waals surface area (Å²) in [6.07, 6.45) is 0.594. The molecule has 0 atom stereocenters. The minimum atomic E-state index is -4.22. The van der Waals surface area contributed by atoms with E-state index in [9.17, 15) is 8.42 Å². The van der Waals surface area contributed by atoms with Crippen molar-refractivity contribution in [2.75, 3.05) is 0 Å². The van der Waals surface area contributed by atoms with Gasteiger partial charge in [0.05, 0.1) is 4.90 Å². The van der Waals surface area contributed by atoms with Crippen LogP contribution < -0.4 is 0 Å². The van der Waals surface area contributed by atoms with E-state index in [2.05, 4.69) is 0 Å². The van der Waals surface area contributed by atoms with E-state index in [1.165, 1.54) is 12.1 Å². The lowest BCUT2D eigenvalue weighted by Crippen LogP contribution is -1.98. The summed E-state index contributed by atoms with van der Waals surface area (Å²) >= 11 is 0. The fourth-order valence-electron chi connectivity index (χ4n) is 0.996. The van der Waals surface area contributed by atoms with Gasteiger partial charge in [-0.05, 0) is 24.1 Å². The molecule has 0 radical (unpaired) electrons. The molecule has 0 amide bonds. The first-order valence-corrected chi connectivity index (χ1v) is 5.18. The van der Waals surface area contributed by atoms with Crippen LogP contribution in [0.2, 0.25) is 0 Å². The lowest BCUT2D eigenvalue weighted by atomic mass is 10.2. The fraction of sp³-hybridized carbons (Fsp3) is 0.250. The molecule has 0 fully saturated rings. The van der Waals surface area contributed by atoms with Gasteiger partial charge in [0, 0.05) is 6.07 Å². The first-order valence-electron chi connectivity index (χ1n) is 3.74. The lowest BCUT2D eigenvalue weighted by molar-refractivity contribution is 0.465. The van der Waals surface area contributed by atoms with Gasteiger partial charge in [0.1, 0.15) is 5.75 Å². The van der Waals surface area contributed by atoms with E-state index >= 15 is 0 Å². The molecule has 0 saturated carbocycles. The SMILES string of the molecule is CCc1cc(O)cc(S(=O)(=O)O)c1. The maximum atomic E-state index is 10.7. The van der Waals surface area contributed by atoms with E-state index in [0.29, 0.717) is 12.0 Å². The zero-order valence-corrected chi connectivity index (χ0v) is 7.87. The Labute approximate surface area is 76.6 Å². The number of hydrogen-bond acceptors (Lipinski definition) is 3. The first kappa shape index (κ1) is 10.0. The normalized spacial score (nSPS) is 11.5. The molecule has 4 nitrogen and oxygen atoms in total. The van der Waals surface area contributed by atoms with Crippen molar-refractivity contribution in [2.45, 2.75) is 18.2 Å². The van der Waals surface area contributed by atoms with Gasteiger partial charge < -0.3 is 5.11 Å². The molecule has 72 valence electrons. The number of phenolic OH excluding ortho intramolecular Hbond substituents is 1. The van der Waals surface area contributed by atoms with Crippen LogP contribution in [-0.4, -0.2) is 18.1 Å². The zero-order chi connectivity index (χ0) is 10.1. The summed E-state index contributed by atoms with van der Waals surface area (Å²) in [6.45, 7) is 1.82. The second kappa shape index (κ2) is 3.35. The minimum Gasteiger partial charge on any atom is -0.508 e. The van der Waals surface area contributed by atoms with E-state index in [0.717, 1.165) is 6.07 Å². The van der Waals surface area contributed by atoms with Crippen molar-refractivity contribution in [2.24, 2.45) is 0 Å². The summed E-state index contributed by atoms with van der Waals surface area (Å²) in [4.78, 5) is -0.274. The standard InChI is InChI=1S/C8H10O4S/c1-2-6-3-7(9)5-8(4-6)13(10,11)12/h3-5,9H,2H2,1H3,(H,10,11,12). The van der Waals surface area contributed by atoms with Gasteiger partial charge >= 0.3 is 0 Å². The smallest absolute Gasteiger partial charge is 0.294 e. The second-order valence-corrected chi connectivity index (χ2v) is 4.09. The molecule has 1 rings (SSSR count). The van der Waals surface area contributed by atoms with Crippen LogP contribution >= 0.6 is 0 Å². The Hall–Kier alpha value is -1.07. The highest BCUT2D eigenvalue weighted by atomic mass is 32.2. The number of aromatic hydroxyl groups is 1. The van der Waals surface area contributed by atoms with Gasteiger partial charge in [0.25, 0.3) is 10.1 Å². The third-order valence-corrected chi connectivity index (χ3v) is 2.49. The van der Waals surface area contributed by atoms with Crippen LogP contribution in [0.15, 0.2) is 23.1 Å². The predicted octanol–water partition coefficient (Wildman–Crippen LogP) is 1.20. The lowest BCUT2D eigenvalue weighted by Gasteiger charge is -2.01. The van der Waals surface area contributed by atoms with Crippen molar-refractivity contribution in [3.63, 3.8) is 0 Å². The molecule has 0 aromatic heterocycles. The van der Waals surface area contributed by atoms with Crippen LogP contribution in [-0.2, 0) is 16.5 Å². The summed E-state index contributed by atoms with van der Waals surface area (Å²) in [5, 5.41) is 9.11. The third-order valence-electron chi connectivity index (χ3n) is 1.66. The van der Waals surface area contributed by atoms with Gasteiger partial charge in [0.2, 0.25) is 0 Å². The molecule has 13 heavy (non-hydrogen) atoms. The van der Waals surface area contributed by atoms with Crippen molar-refractivity contribution in [3.8, 4) is 5.75 Å². The number of benzene rings is 1. The molecule has 1 aromatic rings. The van der Waals surface area contributed by atoms with Crippen molar-refractivity contribution in [1.29, 1.82) is 0 Å². The Bertz CT molecular complexity index is 408. The molecule has 1 aromatic carbocycles. The first-order chi connectivity index (χ1) is 5.93. The fourth-order valence-corrected chi connectivity index (χ4v) is 1.57. The molecule has 0 aliphatic rings. The Morgan fingerprint density at radius 2 is 1.92 bits per heavy atom. The van der Waals surface area contributed by atoms with E-state index < -0.39 is 10.1 Å². The van der Waals surface area contributed by atoms with Crippen LogP contribution in [0.3, 0.4) is 0 Å². The molecule has 2 N–H and O–H groups in total. The topological polar surface area (TPSA) is 74.6 Å². The average Bonchev–Trinajstić information content (AvgIpc) is 2.01. The van der Waals surface area contributed by atoms with Gasteiger partial charge in [-0.1, -0.05) is 6.92 Å². The molecule has 0 heterocycles. The highest BCUT2D eigenvalue weighted by Crippen LogP contribution is 2.19. The van der Waals surface area contributed by atoms with Gasteiger partial charge in [0.15, 0.2) is 0 Å². The monoisotopic (exact) mass is 202 g/mol.